The third-order valence-electron chi connectivity index (χ3n) is 4.14. The molecule has 0 atom stereocenters. The van der Waals surface area contributed by atoms with Crippen LogP contribution in [0.4, 0.5) is 0 Å². The van der Waals surface area contributed by atoms with E-state index in [0.29, 0.717) is 0 Å². The Morgan fingerprint density at radius 3 is 2.07 bits per heavy atom. The van der Waals surface area contributed by atoms with Crippen LogP contribution in [0.1, 0.15) is 71.1 Å². The highest BCUT2D eigenvalue weighted by molar-refractivity contribution is 5.18. The zero-order valence-electron chi connectivity index (χ0n) is 9.65. The molecule has 0 aromatic heterocycles. The van der Waals surface area contributed by atoms with E-state index in [-0.39, 0.29) is 0 Å². The molecule has 0 N–H and O–H groups in total. The first-order valence-electron chi connectivity index (χ1n) is 6.56. The third-order valence-corrected chi connectivity index (χ3v) is 4.14. The smallest absolute Gasteiger partial charge is 0.0201 e. The zero-order chi connectivity index (χ0) is 9.80. The summed E-state index contributed by atoms with van der Waals surface area (Å²) < 4.78 is 0. The molecule has 0 aliphatic heterocycles. The minimum atomic E-state index is 0.984. The molecule has 0 radical (unpaired) electrons. The molecule has 0 nitrogen and oxygen atoms in total. The van der Waals surface area contributed by atoms with E-state index in [1.165, 1.54) is 64.2 Å². The van der Waals surface area contributed by atoms with Gasteiger partial charge in [0.25, 0.3) is 0 Å². The van der Waals surface area contributed by atoms with Crippen molar-refractivity contribution < 1.29 is 0 Å². The second kappa shape index (κ2) is 5.00. The standard InChI is InChI=1S/C14H24/c1-12-8-6-7-11-14(12)13-9-4-2-3-5-10-13/h13H,2-11H2,1H3. The fourth-order valence-electron chi connectivity index (χ4n) is 3.26. The summed E-state index contributed by atoms with van der Waals surface area (Å²) in [5, 5.41) is 0. The van der Waals surface area contributed by atoms with Gasteiger partial charge < -0.3 is 0 Å². The van der Waals surface area contributed by atoms with E-state index in [1.54, 1.807) is 5.57 Å². The molecular weight excluding hydrogens is 168 g/mol. The molecule has 0 bridgehead atoms. The van der Waals surface area contributed by atoms with Crippen LogP contribution in [-0.2, 0) is 0 Å². The van der Waals surface area contributed by atoms with Crippen molar-refractivity contribution in [3.05, 3.63) is 11.1 Å². The van der Waals surface area contributed by atoms with E-state index in [0.717, 1.165) is 5.92 Å². The first-order valence-corrected chi connectivity index (χ1v) is 6.56. The number of allylic oxidation sites excluding steroid dienone is 2. The van der Waals surface area contributed by atoms with Gasteiger partial charge in [-0.2, -0.15) is 0 Å². The van der Waals surface area contributed by atoms with Gasteiger partial charge in [-0.1, -0.05) is 36.8 Å². The summed E-state index contributed by atoms with van der Waals surface area (Å²) in [6, 6.07) is 0. The predicted octanol–water partition coefficient (Wildman–Crippen LogP) is 4.85. The predicted molar refractivity (Wildman–Crippen MR) is 62.4 cm³/mol. The van der Waals surface area contributed by atoms with Crippen molar-refractivity contribution in [2.24, 2.45) is 5.92 Å². The van der Waals surface area contributed by atoms with Gasteiger partial charge in [-0.25, -0.2) is 0 Å². The van der Waals surface area contributed by atoms with Crippen LogP contribution >= 0.6 is 0 Å². The molecule has 1 saturated carbocycles. The lowest BCUT2D eigenvalue weighted by molar-refractivity contribution is 0.482. The van der Waals surface area contributed by atoms with E-state index >= 15 is 0 Å². The summed E-state index contributed by atoms with van der Waals surface area (Å²) in [5.41, 5.74) is 3.63. The SMILES string of the molecule is CC1=C(C2CCCCCC2)CCCC1. The Morgan fingerprint density at radius 2 is 1.43 bits per heavy atom. The van der Waals surface area contributed by atoms with Crippen molar-refractivity contribution in [2.45, 2.75) is 71.1 Å². The maximum absolute atomic E-state index is 2.39. The summed E-state index contributed by atoms with van der Waals surface area (Å²) in [6.45, 7) is 2.39. The number of hydrogen-bond acceptors (Lipinski definition) is 0. The fourth-order valence-corrected chi connectivity index (χ4v) is 3.26. The second-order valence-electron chi connectivity index (χ2n) is 5.20. The van der Waals surface area contributed by atoms with Crippen LogP contribution < -0.4 is 0 Å². The average Bonchev–Trinajstić information content (AvgIpc) is 2.47. The van der Waals surface area contributed by atoms with Gasteiger partial charge in [-0.15, -0.1) is 0 Å². The summed E-state index contributed by atoms with van der Waals surface area (Å²) in [7, 11) is 0. The lowest BCUT2D eigenvalue weighted by atomic mass is 9.81. The van der Waals surface area contributed by atoms with Gasteiger partial charge in [0.05, 0.1) is 0 Å². The molecule has 0 heterocycles. The normalized spacial score (nSPS) is 26.4. The first kappa shape index (κ1) is 10.3. The van der Waals surface area contributed by atoms with E-state index in [9.17, 15) is 0 Å². The number of hydrogen-bond donors (Lipinski definition) is 0. The molecule has 80 valence electrons. The van der Waals surface area contributed by atoms with Crippen molar-refractivity contribution in [2.75, 3.05) is 0 Å². The number of rotatable bonds is 1. The van der Waals surface area contributed by atoms with Gasteiger partial charge in [-0.05, 0) is 51.4 Å². The zero-order valence-corrected chi connectivity index (χ0v) is 9.65. The topological polar surface area (TPSA) is 0 Å². The molecule has 0 unspecified atom stereocenters. The van der Waals surface area contributed by atoms with Crippen LogP contribution in [0, 0.1) is 5.92 Å². The van der Waals surface area contributed by atoms with Gasteiger partial charge in [0, 0.05) is 0 Å². The van der Waals surface area contributed by atoms with Crippen LogP contribution in [0.5, 0.6) is 0 Å². The van der Waals surface area contributed by atoms with Crippen molar-refractivity contribution in [1.29, 1.82) is 0 Å². The molecule has 2 aliphatic rings. The molecule has 1 fully saturated rings. The van der Waals surface area contributed by atoms with Gasteiger partial charge in [0.1, 0.15) is 0 Å². The summed E-state index contributed by atoms with van der Waals surface area (Å²) in [4.78, 5) is 0. The van der Waals surface area contributed by atoms with Crippen LogP contribution in [-0.4, -0.2) is 0 Å². The minimum Gasteiger partial charge on any atom is -0.0738 e. The third kappa shape index (κ3) is 2.40. The Balaban J connectivity index is 2.03. The van der Waals surface area contributed by atoms with Crippen LogP contribution in [0.2, 0.25) is 0 Å². The lowest BCUT2D eigenvalue weighted by Gasteiger charge is -2.25. The van der Waals surface area contributed by atoms with Gasteiger partial charge in [0.2, 0.25) is 0 Å². The van der Waals surface area contributed by atoms with E-state index < -0.39 is 0 Å². The summed E-state index contributed by atoms with van der Waals surface area (Å²) in [6.07, 6.45) is 14.7. The van der Waals surface area contributed by atoms with Crippen LogP contribution in [0.15, 0.2) is 11.1 Å². The van der Waals surface area contributed by atoms with E-state index in [4.69, 9.17) is 0 Å². The van der Waals surface area contributed by atoms with Crippen LogP contribution in [0.25, 0.3) is 0 Å². The monoisotopic (exact) mass is 192 g/mol. The van der Waals surface area contributed by atoms with Gasteiger partial charge in [-0.3, -0.25) is 0 Å². The van der Waals surface area contributed by atoms with Crippen LogP contribution in [0.3, 0.4) is 0 Å². The Morgan fingerprint density at radius 1 is 0.786 bits per heavy atom. The van der Waals surface area contributed by atoms with Crippen molar-refractivity contribution in [3.63, 3.8) is 0 Å². The highest BCUT2D eigenvalue weighted by atomic mass is 14.3. The molecule has 0 amide bonds. The minimum absolute atomic E-state index is 0.984. The molecule has 0 aromatic carbocycles. The molecule has 0 heteroatoms. The molecule has 0 aromatic rings. The first-order chi connectivity index (χ1) is 6.88. The van der Waals surface area contributed by atoms with E-state index in [2.05, 4.69) is 6.92 Å². The molecule has 14 heavy (non-hydrogen) atoms. The summed E-state index contributed by atoms with van der Waals surface area (Å²) in [5.74, 6) is 0.984. The highest BCUT2D eigenvalue weighted by Gasteiger charge is 2.20. The maximum Gasteiger partial charge on any atom is -0.0201 e. The van der Waals surface area contributed by atoms with Gasteiger partial charge in [0.15, 0.2) is 0 Å². The van der Waals surface area contributed by atoms with Crippen molar-refractivity contribution in [1.82, 2.24) is 0 Å². The second-order valence-corrected chi connectivity index (χ2v) is 5.20. The maximum atomic E-state index is 2.39. The highest BCUT2D eigenvalue weighted by Crippen LogP contribution is 2.36. The molecule has 0 spiro atoms. The van der Waals surface area contributed by atoms with Crippen molar-refractivity contribution in [3.8, 4) is 0 Å². The van der Waals surface area contributed by atoms with Gasteiger partial charge >= 0.3 is 0 Å². The Hall–Kier alpha value is -0.260. The quantitative estimate of drug-likeness (QED) is 0.411. The fraction of sp³-hybridized carbons (Fsp3) is 0.857. The Kier molecular flexibility index (Phi) is 3.67. The van der Waals surface area contributed by atoms with E-state index in [1.807, 2.05) is 5.57 Å². The van der Waals surface area contributed by atoms with Crippen molar-refractivity contribution >= 4 is 0 Å². The molecule has 2 aliphatic carbocycles. The molecular formula is C14H24. The molecule has 2 rings (SSSR count). The molecule has 0 saturated heterocycles. The largest absolute Gasteiger partial charge is 0.0738 e. The Bertz CT molecular complexity index is 204. The summed E-state index contributed by atoms with van der Waals surface area (Å²) >= 11 is 0. The average molecular weight is 192 g/mol. The lowest BCUT2D eigenvalue weighted by Crippen LogP contribution is -2.09. The Labute approximate surface area is 88.8 Å².